The van der Waals surface area contributed by atoms with E-state index in [1.54, 1.807) is 4.68 Å². The highest BCUT2D eigenvalue weighted by molar-refractivity contribution is 5.95. The number of hydrogen-bond acceptors (Lipinski definition) is 3. The first-order valence-electron chi connectivity index (χ1n) is 5.47. The van der Waals surface area contributed by atoms with E-state index in [9.17, 15) is 4.79 Å². The van der Waals surface area contributed by atoms with E-state index in [0.29, 0.717) is 6.42 Å². The van der Waals surface area contributed by atoms with Gasteiger partial charge in [-0.3, -0.25) is 4.79 Å². The van der Waals surface area contributed by atoms with Crippen LogP contribution in [0.3, 0.4) is 0 Å². The molecule has 5 heteroatoms. The summed E-state index contributed by atoms with van der Waals surface area (Å²) in [6, 6.07) is 5.86. The van der Waals surface area contributed by atoms with E-state index in [-0.39, 0.29) is 5.91 Å². The number of nitrogens with one attached hydrogen (secondary N) is 1. The molecule has 0 radical (unpaired) electrons. The van der Waals surface area contributed by atoms with Gasteiger partial charge in [0.05, 0.1) is 29.2 Å². The number of rotatable bonds is 0. The third-order valence-electron chi connectivity index (χ3n) is 2.94. The summed E-state index contributed by atoms with van der Waals surface area (Å²) in [6.45, 7) is 3.88. The zero-order valence-corrected chi connectivity index (χ0v) is 9.69. The number of aromatic nitrogens is 3. The monoisotopic (exact) mass is 228 g/mol. The second-order valence-electron chi connectivity index (χ2n) is 4.28. The fraction of sp³-hybridized carbons (Fsp3) is 0.250. The summed E-state index contributed by atoms with van der Waals surface area (Å²) in [5.74, 6) is -0.0285. The summed E-state index contributed by atoms with van der Waals surface area (Å²) in [4.78, 5) is 11.8. The molecule has 1 aliphatic rings. The zero-order chi connectivity index (χ0) is 12.0. The van der Waals surface area contributed by atoms with Crippen LogP contribution in [0, 0.1) is 13.8 Å². The van der Waals surface area contributed by atoms with Gasteiger partial charge in [-0.25, -0.2) is 4.68 Å². The highest BCUT2D eigenvalue weighted by Crippen LogP contribution is 2.26. The average Bonchev–Trinajstić information content (AvgIpc) is 2.56. The molecule has 1 amide bonds. The fourth-order valence-electron chi connectivity index (χ4n) is 2.04. The van der Waals surface area contributed by atoms with E-state index in [2.05, 4.69) is 15.6 Å². The Morgan fingerprint density at radius 3 is 3.00 bits per heavy atom. The van der Waals surface area contributed by atoms with Crippen LogP contribution in [-0.4, -0.2) is 20.9 Å². The lowest BCUT2D eigenvalue weighted by molar-refractivity contribution is -0.115. The van der Waals surface area contributed by atoms with Gasteiger partial charge < -0.3 is 5.32 Å². The van der Waals surface area contributed by atoms with Gasteiger partial charge in [-0.2, -0.15) is 0 Å². The molecule has 1 aliphatic heterocycles. The second kappa shape index (κ2) is 3.41. The predicted octanol–water partition coefficient (Wildman–Crippen LogP) is 1.38. The van der Waals surface area contributed by atoms with E-state index >= 15 is 0 Å². The number of carbonyl (C=O) groups excluding carboxylic acids is 1. The predicted molar refractivity (Wildman–Crippen MR) is 63.2 cm³/mol. The second-order valence-corrected chi connectivity index (χ2v) is 4.28. The molecule has 86 valence electrons. The molecule has 1 aromatic carbocycles. The average molecular weight is 228 g/mol. The molecular weight excluding hydrogens is 216 g/mol. The molecule has 2 heterocycles. The van der Waals surface area contributed by atoms with Gasteiger partial charge in [-0.05, 0) is 31.5 Å². The van der Waals surface area contributed by atoms with Crippen LogP contribution in [0.15, 0.2) is 18.2 Å². The standard InChI is InChI=1S/C12H12N4O/c1-7-3-4-9-11(5-7)16-10(6-12(17)13-9)8(2)14-15-16/h3-5H,6H2,1-2H3,(H,13,17). The molecule has 1 N–H and O–H groups in total. The van der Waals surface area contributed by atoms with Crippen LogP contribution in [0.4, 0.5) is 5.69 Å². The molecule has 0 atom stereocenters. The minimum Gasteiger partial charge on any atom is -0.324 e. The minimum atomic E-state index is -0.0285. The van der Waals surface area contributed by atoms with Crippen molar-refractivity contribution >= 4 is 11.6 Å². The van der Waals surface area contributed by atoms with E-state index in [4.69, 9.17) is 0 Å². The lowest BCUT2D eigenvalue weighted by Gasteiger charge is -2.08. The maximum absolute atomic E-state index is 11.8. The molecule has 0 bridgehead atoms. The third-order valence-corrected chi connectivity index (χ3v) is 2.94. The number of hydrogen-bond donors (Lipinski definition) is 1. The van der Waals surface area contributed by atoms with Gasteiger partial charge in [-0.15, -0.1) is 5.10 Å². The van der Waals surface area contributed by atoms with Crippen LogP contribution in [-0.2, 0) is 11.2 Å². The van der Waals surface area contributed by atoms with Crippen molar-refractivity contribution in [3.8, 4) is 5.69 Å². The van der Waals surface area contributed by atoms with Gasteiger partial charge in [0, 0.05) is 0 Å². The van der Waals surface area contributed by atoms with E-state index in [0.717, 1.165) is 28.3 Å². The van der Waals surface area contributed by atoms with Crippen molar-refractivity contribution in [2.75, 3.05) is 5.32 Å². The van der Waals surface area contributed by atoms with Crippen molar-refractivity contribution in [2.24, 2.45) is 0 Å². The van der Waals surface area contributed by atoms with Crippen LogP contribution in [0.1, 0.15) is 17.0 Å². The smallest absolute Gasteiger partial charge is 0.230 e. The Bertz CT molecular complexity index is 615. The number of amides is 1. The highest BCUT2D eigenvalue weighted by atomic mass is 16.1. The largest absolute Gasteiger partial charge is 0.324 e. The Kier molecular flexibility index (Phi) is 2.01. The molecule has 2 aromatic rings. The van der Waals surface area contributed by atoms with Crippen molar-refractivity contribution in [1.29, 1.82) is 0 Å². The number of anilines is 1. The van der Waals surface area contributed by atoms with E-state index in [1.807, 2.05) is 32.0 Å². The van der Waals surface area contributed by atoms with E-state index in [1.165, 1.54) is 0 Å². The summed E-state index contributed by atoms with van der Waals surface area (Å²) in [7, 11) is 0. The maximum atomic E-state index is 11.8. The lowest BCUT2D eigenvalue weighted by atomic mass is 10.2. The molecule has 0 saturated carbocycles. The lowest BCUT2D eigenvalue weighted by Crippen LogP contribution is -2.13. The van der Waals surface area contributed by atoms with Crippen molar-refractivity contribution in [3.63, 3.8) is 0 Å². The zero-order valence-electron chi connectivity index (χ0n) is 9.69. The van der Waals surface area contributed by atoms with Gasteiger partial charge >= 0.3 is 0 Å². The maximum Gasteiger partial charge on any atom is 0.230 e. The molecule has 0 aliphatic carbocycles. The summed E-state index contributed by atoms with van der Waals surface area (Å²) in [5, 5.41) is 11.0. The number of aryl methyl sites for hydroxylation is 2. The molecule has 1 aromatic heterocycles. The quantitative estimate of drug-likeness (QED) is 0.741. The van der Waals surface area contributed by atoms with Gasteiger partial charge in [0.15, 0.2) is 0 Å². The SMILES string of the molecule is Cc1ccc2c(c1)-n1nnc(C)c1CC(=O)N2. The fourth-order valence-corrected chi connectivity index (χ4v) is 2.04. The van der Waals surface area contributed by atoms with Gasteiger partial charge in [0.25, 0.3) is 0 Å². The number of carbonyl (C=O) groups is 1. The van der Waals surface area contributed by atoms with Crippen LogP contribution in [0.2, 0.25) is 0 Å². The number of benzene rings is 1. The molecule has 0 saturated heterocycles. The first kappa shape index (κ1) is 10.0. The Hall–Kier alpha value is -2.17. The molecule has 0 fully saturated rings. The first-order valence-corrected chi connectivity index (χ1v) is 5.47. The topological polar surface area (TPSA) is 59.8 Å². The third kappa shape index (κ3) is 1.51. The van der Waals surface area contributed by atoms with Crippen LogP contribution in [0.25, 0.3) is 5.69 Å². The molecule has 3 rings (SSSR count). The Morgan fingerprint density at radius 2 is 2.18 bits per heavy atom. The van der Waals surface area contributed by atoms with Gasteiger partial charge in [-0.1, -0.05) is 11.3 Å². The number of nitrogens with zero attached hydrogens (tertiary/aromatic N) is 3. The van der Waals surface area contributed by atoms with Crippen molar-refractivity contribution < 1.29 is 4.79 Å². The Labute approximate surface area is 98.4 Å². The Balaban J connectivity index is 2.31. The Morgan fingerprint density at radius 1 is 1.35 bits per heavy atom. The van der Waals surface area contributed by atoms with Gasteiger partial charge in [0.2, 0.25) is 5.91 Å². The summed E-state index contributed by atoms with van der Waals surface area (Å²) in [6.07, 6.45) is 0.312. The summed E-state index contributed by atoms with van der Waals surface area (Å²) in [5.41, 5.74) is 4.44. The first-order chi connectivity index (χ1) is 8.15. The molecule has 0 spiro atoms. The van der Waals surface area contributed by atoms with Crippen LogP contribution >= 0.6 is 0 Å². The minimum absolute atomic E-state index is 0.0285. The van der Waals surface area contributed by atoms with E-state index < -0.39 is 0 Å². The van der Waals surface area contributed by atoms with Gasteiger partial charge in [0.1, 0.15) is 0 Å². The summed E-state index contributed by atoms with van der Waals surface area (Å²) < 4.78 is 1.75. The molecule has 0 unspecified atom stereocenters. The highest BCUT2D eigenvalue weighted by Gasteiger charge is 2.21. The molecular formula is C12H12N4O. The summed E-state index contributed by atoms with van der Waals surface area (Å²) >= 11 is 0. The van der Waals surface area contributed by atoms with Crippen molar-refractivity contribution in [1.82, 2.24) is 15.0 Å². The van der Waals surface area contributed by atoms with Crippen molar-refractivity contribution in [3.05, 3.63) is 35.2 Å². The van der Waals surface area contributed by atoms with Crippen LogP contribution in [0.5, 0.6) is 0 Å². The normalized spacial score (nSPS) is 13.6. The number of fused-ring (bicyclic) bond motifs is 3. The molecule has 17 heavy (non-hydrogen) atoms. The molecule has 5 nitrogen and oxygen atoms in total. The van der Waals surface area contributed by atoms with Crippen molar-refractivity contribution in [2.45, 2.75) is 20.3 Å². The van der Waals surface area contributed by atoms with Crippen LogP contribution < -0.4 is 5.32 Å².